The molecular weight excluding hydrogens is 234 g/mol. The van der Waals surface area contributed by atoms with Crippen molar-refractivity contribution in [3.63, 3.8) is 0 Å². The van der Waals surface area contributed by atoms with Crippen molar-refractivity contribution in [1.82, 2.24) is 9.78 Å². The van der Waals surface area contributed by atoms with Crippen molar-refractivity contribution >= 4 is 28.4 Å². The second-order valence-corrected chi connectivity index (χ2v) is 3.29. The quantitative estimate of drug-likeness (QED) is 0.732. The molecule has 1 heterocycles. The van der Waals surface area contributed by atoms with Crippen LogP contribution < -0.4 is 5.56 Å². The van der Waals surface area contributed by atoms with Crippen LogP contribution in [0.3, 0.4) is 0 Å². The van der Waals surface area contributed by atoms with Gasteiger partial charge in [0.2, 0.25) is 5.24 Å². The van der Waals surface area contributed by atoms with Crippen molar-refractivity contribution in [1.29, 1.82) is 0 Å². The lowest BCUT2D eigenvalue weighted by atomic mass is 10.4. The molecule has 1 aromatic rings. The second kappa shape index (κ2) is 4.06. The van der Waals surface area contributed by atoms with Crippen LogP contribution in [0.5, 0.6) is 0 Å². The van der Waals surface area contributed by atoms with E-state index in [0.717, 1.165) is 10.9 Å². The Kier molecular flexibility index (Phi) is 3.23. The van der Waals surface area contributed by atoms with Gasteiger partial charge in [-0.15, -0.1) is 0 Å². The molecule has 0 saturated carbocycles. The molecule has 4 nitrogen and oxygen atoms in total. The topological polar surface area (TPSA) is 52.0 Å². The van der Waals surface area contributed by atoms with E-state index in [-0.39, 0.29) is 0 Å². The Labute approximate surface area is 88.2 Å². The summed E-state index contributed by atoms with van der Waals surface area (Å²) in [5.74, 6) is -0.929. The van der Waals surface area contributed by atoms with Crippen LogP contribution in [0, 0.1) is 5.82 Å². The third kappa shape index (κ3) is 1.93. The van der Waals surface area contributed by atoms with Gasteiger partial charge in [-0.2, -0.15) is 5.10 Å². The average molecular weight is 239 g/mol. The maximum absolute atomic E-state index is 12.7. The Morgan fingerprint density at radius 2 is 2.29 bits per heavy atom. The number of carbonyl (C=O) groups is 1. The highest BCUT2D eigenvalue weighted by Crippen LogP contribution is 2.10. The molecule has 0 spiro atoms. The Balaban J connectivity index is 3.32. The maximum atomic E-state index is 12.7. The van der Waals surface area contributed by atoms with Crippen LogP contribution >= 0.6 is 23.2 Å². The second-order valence-electron chi connectivity index (χ2n) is 2.54. The van der Waals surface area contributed by atoms with Gasteiger partial charge in [-0.25, -0.2) is 9.07 Å². The third-order valence-corrected chi connectivity index (χ3v) is 2.25. The molecule has 0 radical (unpaired) electrons. The lowest BCUT2D eigenvalue weighted by Crippen LogP contribution is -2.29. The fourth-order valence-corrected chi connectivity index (χ4v) is 1.02. The fourth-order valence-electron chi connectivity index (χ4n) is 0.797. The molecule has 0 N–H and O–H groups in total. The molecule has 0 fully saturated rings. The van der Waals surface area contributed by atoms with Gasteiger partial charge in [0.15, 0.2) is 5.82 Å². The molecule has 1 unspecified atom stereocenters. The van der Waals surface area contributed by atoms with E-state index in [4.69, 9.17) is 23.2 Å². The highest BCUT2D eigenvalue weighted by molar-refractivity contribution is 6.64. The molecule has 14 heavy (non-hydrogen) atoms. The Bertz CT molecular complexity index is 432. The van der Waals surface area contributed by atoms with Crippen molar-refractivity contribution in [2.75, 3.05) is 0 Å². The number of hydrogen-bond acceptors (Lipinski definition) is 3. The van der Waals surface area contributed by atoms with Gasteiger partial charge in [0.05, 0.1) is 6.20 Å². The summed E-state index contributed by atoms with van der Waals surface area (Å²) in [4.78, 5) is 22.0. The predicted octanol–water partition coefficient (Wildman–Crippen LogP) is 1.36. The minimum atomic E-state index is -0.970. The van der Waals surface area contributed by atoms with Crippen LogP contribution in [-0.2, 0) is 4.79 Å². The van der Waals surface area contributed by atoms with E-state index in [2.05, 4.69) is 5.10 Å². The third-order valence-electron chi connectivity index (χ3n) is 1.60. The summed E-state index contributed by atoms with van der Waals surface area (Å²) in [6.07, 6.45) is 0.750. The predicted molar refractivity (Wildman–Crippen MR) is 49.0 cm³/mol. The minimum Gasteiger partial charge on any atom is -0.279 e. The van der Waals surface area contributed by atoms with E-state index in [0.29, 0.717) is 0 Å². The van der Waals surface area contributed by atoms with Crippen molar-refractivity contribution in [2.45, 2.75) is 13.0 Å². The Morgan fingerprint density at radius 3 is 2.79 bits per heavy atom. The molecule has 0 amide bonds. The molecule has 0 aliphatic carbocycles. The zero-order valence-electron chi connectivity index (χ0n) is 7.00. The van der Waals surface area contributed by atoms with E-state index < -0.39 is 27.7 Å². The molecule has 76 valence electrons. The zero-order chi connectivity index (χ0) is 10.9. The van der Waals surface area contributed by atoms with Crippen molar-refractivity contribution in [3.8, 4) is 0 Å². The van der Waals surface area contributed by atoms with E-state index in [9.17, 15) is 14.0 Å². The Morgan fingerprint density at radius 1 is 1.71 bits per heavy atom. The van der Waals surface area contributed by atoms with Gasteiger partial charge < -0.3 is 0 Å². The van der Waals surface area contributed by atoms with E-state index in [1.54, 1.807) is 0 Å². The van der Waals surface area contributed by atoms with E-state index in [1.807, 2.05) is 0 Å². The smallest absolute Gasteiger partial charge is 0.279 e. The lowest BCUT2D eigenvalue weighted by molar-refractivity contribution is -0.114. The summed E-state index contributed by atoms with van der Waals surface area (Å²) in [6, 6.07) is -0.970. The monoisotopic (exact) mass is 238 g/mol. The summed E-state index contributed by atoms with van der Waals surface area (Å²) < 4.78 is 13.4. The van der Waals surface area contributed by atoms with Crippen molar-refractivity contribution in [2.24, 2.45) is 0 Å². The molecule has 0 aliphatic rings. The van der Waals surface area contributed by atoms with Crippen LogP contribution in [0.15, 0.2) is 11.0 Å². The summed E-state index contributed by atoms with van der Waals surface area (Å²) in [5, 5.41) is 2.02. The highest BCUT2D eigenvalue weighted by atomic mass is 35.5. The normalized spacial score (nSPS) is 12.6. The maximum Gasteiger partial charge on any atom is 0.289 e. The Hall–Kier alpha value is -0.940. The van der Waals surface area contributed by atoms with Gasteiger partial charge in [-0.3, -0.25) is 9.59 Å². The number of rotatable bonds is 2. The summed E-state index contributed by atoms with van der Waals surface area (Å²) in [6.45, 7) is 1.36. The lowest BCUT2D eigenvalue weighted by Gasteiger charge is -2.08. The number of carbonyl (C=O) groups excluding carboxylic acids is 1. The van der Waals surface area contributed by atoms with Gasteiger partial charge >= 0.3 is 0 Å². The van der Waals surface area contributed by atoms with Crippen LogP contribution in [-0.4, -0.2) is 15.0 Å². The molecular formula is C7H5Cl2FN2O2. The summed E-state index contributed by atoms with van der Waals surface area (Å²) in [5.41, 5.74) is -0.881. The minimum absolute atomic E-state index is 0.607. The molecule has 1 aromatic heterocycles. The largest absolute Gasteiger partial charge is 0.289 e. The number of hydrogen-bond donors (Lipinski definition) is 0. The van der Waals surface area contributed by atoms with Crippen LogP contribution in [0.4, 0.5) is 4.39 Å². The number of aromatic nitrogens is 2. The first kappa shape index (κ1) is 11.1. The molecule has 0 bridgehead atoms. The first-order chi connectivity index (χ1) is 6.45. The molecule has 1 atom stereocenters. The first-order valence-corrected chi connectivity index (χ1v) is 4.33. The molecule has 0 saturated heterocycles. The standard InChI is InChI=1S/C7H5Cl2FN2O2/c1-3(6(9)13)12-7(14)5(8)4(10)2-11-12/h2-3H,1H3. The van der Waals surface area contributed by atoms with Crippen molar-refractivity contribution < 1.29 is 9.18 Å². The molecule has 7 heteroatoms. The zero-order valence-corrected chi connectivity index (χ0v) is 8.51. The number of halogens is 3. The van der Waals surface area contributed by atoms with Gasteiger partial charge in [0.1, 0.15) is 11.1 Å². The summed E-state index contributed by atoms with van der Waals surface area (Å²) >= 11 is 10.5. The SMILES string of the molecule is CC(C(=O)Cl)n1ncc(F)c(Cl)c1=O. The first-order valence-electron chi connectivity index (χ1n) is 3.57. The molecule has 1 rings (SSSR count). The van der Waals surface area contributed by atoms with Crippen LogP contribution in [0.25, 0.3) is 0 Å². The van der Waals surface area contributed by atoms with Crippen LogP contribution in [0.2, 0.25) is 5.02 Å². The van der Waals surface area contributed by atoms with Gasteiger partial charge in [-0.1, -0.05) is 11.6 Å². The molecule has 0 aliphatic heterocycles. The number of nitrogens with zero attached hydrogens (tertiary/aromatic N) is 2. The average Bonchev–Trinajstić information content (AvgIpc) is 2.13. The van der Waals surface area contributed by atoms with Crippen LogP contribution in [0.1, 0.15) is 13.0 Å². The van der Waals surface area contributed by atoms with Gasteiger partial charge in [0.25, 0.3) is 5.56 Å². The highest BCUT2D eigenvalue weighted by Gasteiger charge is 2.17. The van der Waals surface area contributed by atoms with Gasteiger partial charge in [-0.05, 0) is 18.5 Å². The van der Waals surface area contributed by atoms with Crippen molar-refractivity contribution in [3.05, 3.63) is 27.4 Å². The van der Waals surface area contributed by atoms with E-state index >= 15 is 0 Å². The summed E-state index contributed by atoms with van der Waals surface area (Å²) in [7, 11) is 0. The van der Waals surface area contributed by atoms with Gasteiger partial charge in [0, 0.05) is 0 Å². The fraction of sp³-hybridized carbons (Fsp3) is 0.286. The van der Waals surface area contributed by atoms with E-state index in [1.165, 1.54) is 6.92 Å². The molecule has 0 aromatic carbocycles.